The molecule has 2 aliphatic rings. The molecule has 0 fully saturated rings. The van der Waals surface area contributed by atoms with Crippen molar-refractivity contribution in [3.63, 3.8) is 0 Å². The average molecular weight is 171 g/mol. The molecule has 1 aliphatic carbocycles. The van der Waals surface area contributed by atoms with Gasteiger partial charge in [0.1, 0.15) is 4.71 Å². The third kappa shape index (κ3) is 1.08. The SMILES string of the molecule is SC1NC2=C(C=CCC2)S1. The second-order valence-corrected chi connectivity index (χ2v) is 4.41. The van der Waals surface area contributed by atoms with Crippen LogP contribution in [-0.2, 0) is 0 Å². The highest BCUT2D eigenvalue weighted by atomic mass is 32.2. The topological polar surface area (TPSA) is 12.0 Å². The van der Waals surface area contributed by atoms with Crippen LogP contribution in [0.4, 0.5) is 0 Å². The van der Waals surface area contributed by atoms with Crippen molar-refractivity contribution in [2.24, 2.45) is 0 Å². The summed E-state index contributed by atoms with van der Waals surface area (Å²) in [5, 5.41) is 3.31. The van der Waals surface area contributed by atoms with E-state index in [1.54, 1.807) is 11.8 Å². The molecule has 0 aromatic heterocycles. The lowest BCUT2D eigenvalue weighted by Crippen LogP contribution is -2.14. The van der Waals surface area contributed by atoms with E-state index in [4.69, 9.17) is 0 Å². The number of nitrogens with one attached hydrogen (secondary N) is 1. The van der Waals surface area contributed by atoms with E-state index in [9.17, 15) is 0 Å². The van der Waals surface area contributed by atoms with Gasteiger partial charge in [0.2, 0.25) is 0 Å². The number of hydrogen-bond acceptors (Lipinski definition) is 3. The molecule has 1 heterocycles. The van der Waals surface area contributed by atoms with Gasteiger partial charge in [-0.25, -0.2) is 0 Å². The second-order valence-electron chi connectivity index (χ2n) is 2.40. The fraction of sp³-hybridized carbons (Fsp3) is 0.429. The van der Waals surface area contributed by atoms with Crippen LogP contribution in [0.1, 0.15) is 12.8 Å². The van der Waals surface area contributed by atoms with Crippen LogP contribution in [0.25, 0.3) is 0 Å². The zero-order valence-corrected chi connectivity index (χ0v) is 7.21. The van der Waals surface area contributed by atoms with Gasteiger partial charge in [-0.05, 0) is 12.8 Å². The van der Waals surface area contributed by atoms with Crippen LogP contribution in [-0.4, -0.2) is 4.71 Å². The molecule has 0 spiro atoms. The molecule has 1 aliphatic heterocycles. The molecule has 10 heavy (non-hydrogen) atoms. The first-order valence-corrected chi connectivity index (χ1v) is 4.77. The summed E-state index contributed by atoms with van der Waals surface area (Å²) >= 11 is 6.12. The summed E-state index contributed by atoms with van der Waals surface area (Å²) in [6.07, 6.45) is 6.74. The maximum Gasteiger partial charge on any atom is 0.121 e. The van der Waals surface area contributed by atoms with E-state index in [0.29, 0.717) is 0 Å². The van der Waals surface area contributed by atoms with Gasteiger partial charge in [0.05, 0.1) is 0 Å². The van der Waals surface area contributed by atoms with Crippen molar-refractivity contribution in [1.29, 1.82) is 0 Å². The normalized spacial score (nSPS) is 30.3. The molecule has 1 unspecified atom stereocenters. The predicted molar refractivity (Wildman–Crippen MR) is 48.9 cm³/mol. The molecule has 0 saturated heterocycles. The van der Waals surface area contributed by atoms with Gasteiger partial charge in [-0.2, -0.15) is 0 Å². The Bertz CT molecular complexity index is 208. The lowest BCUT2D eigenvalue weighted by atomic mass is 10.1. The van der Waals surface area contributed by atoms with Gasteiger partial charge in [0.25, 0.3) is 0 Å². The fourth-order valence-electron chi connectivity index (χ4n) is 1.19. The van der Waals surface area contributed by atoms with E-state index in [1.165, 1.54) is 17.0 Å². The smallest absolute Gasteiger partial charge is 0.121 e. The zero-order chi connectivity index (χ0) is 6.97. The van der Waals surface area contributed by atoms with Crippen molar-refractivity contribution >= 4 is 24.4 Å². The summed E-state index contributed by atoms with van der Waals surface area (Å²) < 4.78 is 0.285. The van der Waals surface area contributed by atoms with Gasteiger partial charge in [0, 0.05) is 10.6 Å². The zero-order valence-electron chi connectivity index (χ0n) is 5.50. The Morgan fingerprint density at radius 1 is 1.70 bits per heavy atom. The summed E-state index contributed by atoms with van der Waals surface area (Å²) in [5.74, 6) is 0. The van der Waals surface area contributed by atoms with Crippen molar-refractivity contribution < 1.29 is 0 Å². The minimum atomic E-state index is 0.285. The molecule has 0 saturated carbocycles. The molecule has 1 N–H and O–H groups in total. The third-order valence-electron chi connectivity index (χ3n) is 1.66. The molecule has 54 valence electrons. The number of allylic oxidation sites excluding steroid dienone is 3. The van der Waals surface area contributed by atoms with E-state index in [1.807, 2.05) is 0 Å². The van der Waals surface area contributed by atoms with Crippen molar-refractivity contribution in [2.75, 3.05) is 0 Å². The molecular weight excluding hydrogens is 162 g/mol. The Morgan fingerprint density at radius 3 is 3.40 bits per heavy atom. The van der Waals surface area contributed by atoms with Crippen molar-refractivity contribution in [1.82, 2.24) is 5.32 Å². The molecule has 3 heteroatoms. The standard InChI is InChI=1S/C7H9NS2/c9-7-8-5-3-1-2-4-6(5)10-7/h2,4,7-9H,1,3H2. The number of rotatable bonds is 0. The third-order valence-corrected chi connectivity index (χ3v) is 3.09. The van der Waals surface area contributed by atoms with E-state index in [-0.39, 0.29) is 4.71 Å². The van der Waals surface area contributed by atoms with Crippen LogP contribution < -0.4 is 5.32 Å². The van der Waals surface area contributed by atoms with E-state index in [0.717, 1.165) is 6.42 Å². The maximum absolute atomic E-state index is 4.32. The van der Waals surface area contributed by atoms with Gasteiger partial charge < -0.3 is 5.32 Å². The molecule has 0 aromatic carbocycles. The Balaban J connectivity index is 2.21. The summed E-state index contributed by atoms with van der Waals surface area (Å²) in [4.78, 5) is 1.38. The molecule has 0 aromatic rings. The largest absolute Gasteiger partial charge is 0.367 e. The van der Waals surface area contributed by atoms with Crippen LogP contribution in [0.15, 0.2) is 22.8 Å². The number of hydrogen-bond donors (Lipinski definition) is 2. The molecule has 0 amide bonds. The van der Waals surface area contributed by atoms with Gasteiger partial charge >= 0.3 is 0 Å². The van der Waals surface area contributed by atoms with E-state index < -0.39 is 0 Å². The highest BCUT2D eigenvalue weighted by Crippen LogP contribution is 2.36. The Labute approximate surface area is 70.4 Å². The van der Waals surface area contributed by atoms with Crippen LogP contribution in [0.2, 0.25) is 0 Å². The molecule has 0 radical (unpaired) electrons. The summed E-state index contributed by atoms with van der Waals surface area (Å²) in [6, 6.07) is 0. The predicted octanol–water partition coefficient (Wildman–Crippen LogP) is 2.10. The number of thioether (sulfide) groups is 1. The van der Waals surface area contributed by atoms with Gasteiger partial charge in [-0.1, -0.05) is 23.9 Å². The van der Waals surface area contributed by atoms with Crippen LogP contribution in [0.5, 0.6) is 0 Å². The fourth-order valence-corrected chi connectivity index (χ4v) is 2.61. The summed E-state index contributed by atoms with van der Waals surface area (Å²) in [7, 11) is 0. The van der Waals surface area contributed by atoms with Crippen molar-refractivity contribution in [3.8, 4) is 0 Å². The first-order valence-electron chi connectivity index (χ1n) is 3.37. The molecule has 0 bridgehead atoms. The summed E-state index contributed by atoms with van der Waals surface area (Å²) in [6.45, 7) is 0. The monoisotopic (exact) mass is 171 g/mol. The van der Waals surface area contributed by atoms with Gasteiger partial charge in [-0.3, -0.25) is 0 Å². The average Bonchev–Trinajstić information content (AvgIpc) is 2.27. The summed E-state index contributed by atoms with van der Waals surface area (Å²) in [5.41, 5.74) is 1.38. The van der Waals surface area contributed by atoms with Crippen LogP contribution in [0, 0.1) is 0 Å². The van der Waals surface area contributed by atoms with Gasteiger partial charge in [-0.15, -0.1) is 12.6 Å². The minimum absolute atomic E-state index is 0.285. The highest BCUT2D eigenvalue weighted by Gasteiger charge is 2.20. The maximum atomic E-state index is 4.32. The molecule has 2 rings (SSSR count). The lowest BCUT2D eigenvalue weighted by molar-refractivity contribution is 0.823. The van der Waals surface area contributed by atoms with Gasteiger partial charge in [0.15, 0.2) is 0 Å². The first-order chi connectivity index (χ1) is 4.86. The Kier molecular flexibility index (Phi) is 1.70. The van der Waals surface area contributed by atoms with E-state index in [2.05, 4.69) is 30.1 Å². The van der Waals surface area contributed by atoms with Crippen molar-refractivity contribution in [2.45, 2.75) is 17.5 Å². The number of thiol groups is 1. The minimum Gasteiger partial charge on any atom is -0.367 e. The molecule has 1 nitrogen and oxygen atoms in total. The first kappa shape index (κ1) is 6.68. The van der Waals surface area contributed by atoms with Crippen molar-refractivity contribution in [3.05, 3.63) is 22.8 Å². The second kappa shape index (κ2) is 2.55. The highest BCUT2D eigenvalue weighted by molar-refractivity contribution is 8.13. The van der Waals surface area contributed by atoms with E-state index >= 15 is 0 Å². The van der Waals surface area contributed by atoms with Crippen LogP contribution in [0.3, 0.4) is 0 Å². The van der Waals surface area contributed by atoms with Crippen LogP contribution >= 0.6 is 24.4 Å². The molecule has 1 atom stereocenters. The molecular formula is C7H9NS2. The Hall–Kier alpha value is -0.0200. The Morgan fingerprint density at radius 2 is 2.60 bits per heavy atom. The quantitative estimate of drug-likeness (QED) is 0.541. The lowest BCUT2D eigenvalue weighted by Gasteiger charge is -2.06.